The molecular formula is C17H18BrNO. The second-order valence-corrected chi connectivity index (χ2v) is 6.09. The molecule has 2 aromatic rings. The van der Waals surface area contributed by atoms with Crippen LogP contribution >= 0.6 is 15.9 Å². The Morgan fingerprint density at radius 3 is 2.85 bits per heavy atom. The summed E-state index contributed by atoms with van der Waals surface area (Å²) >= 11 is 3.63. The predicted octanol–water partition coefficient (Wildman–Crippen LogP) is 4.29. The topological polar surface area (TPSA) is 21.3 Å². The van der Waals surface area contributed by atoms with Gasteiger partial charge < -0.3 is 10.1 Å². The molecule has 3 heteroatoms. The van der Waals surface area contributed by atoms with Gasteiger partial charge in [0.2, 0.25) is 0 Å². The molecule has 0 radical (unpaired) electrons. The van der Waals surface area contributed by atoms with Crippen molar-refractivity contribution in [1.29, 1.82) is 0 Å². The first-order valence-electron chi connectivity index (χ1n) is 6.94. The number of hydrogen-bond acceptors (Lipinski definition) is 2. The van der Waals surface area contributed by atoms with E-state index in [2.05, 4.69) is 46.0 Å². The molecule has 104 valence electrons. The maximum Gasteiger partial charge on any atom is 0.134 e. The van der Waals surface area contributed by atoms with E-state index in [4.69, 9.17) is 4.74 Å². The van der Waals surface area contributed by atoms with Gasteiger partial charge in [0.25, 0.3) is 0 Å². The zero-order valence-corrected chi connectivity index (χ0v) is 12.9. The Morgan fingerprint density at radius 2 is 2.05 bits per heavy atom. The summed E-state index contributed by atoms with van der Waals surface area (Å²) in [5.74, 6) is 0.872. The van der Waals surface area contributed by atoms with Gasteiger partial charge in [-0.3, -0.25) is 0 Å². The molecule has 20 heavy (non-hydrogen) atoms. The highest BCUT2D eigenvalue weighted by atomic mass is 79.9. The fraction of sp³-hybridized carbons (Fsp3) is 0.294. The van der Waals surface area contributed by atoms with Crippen molar-refractivity contribution in [3.8, 4) is 5.75 Å². The van der Waals surface area contributed by atoms with Crippen molar-refractivity contribution in [1.82, 2.24) is 5.32 Å². The third kappa shape index (κ3) is 3.22. The molecule has 1 N–H and O–H groups in total. The SMILES string of the molecule is C=C(CNC1CC1)COc1ccc2ccccc2c1Br. The molecule has 1 aliphatic rings. The number of halogens is 1. The van der Waals surface area contributed by atoms with Gasteiger partial charge in [-0.25, -0.2) is 0 Å². The standard InChI is InChI=1S/C17H18BrNO/c1-12(10-19-14-7-8-14)11-20-16-9-6-13-4-2-3-5-15(13)17(16)18/h2-6,9,14,19H,1,7-8,10-11H2. The van der Waals surface area contributed by atoms with E-state index in [1.54, 1.807) is 0 Å². The first-order chi connectivity index (χ1) is 9.74. The minimum Gasteiger partial charge on any atom is -0.488 e. The average molecular weight is 332 g/mol. The van der Waals surface area contributed by atoms with Crippen LogP contribution in [-0.2, 0) is 0 Å². The molecule has 0 unspecified atom stereocenters. The lowest BCUT2D eigenvalue weighted by molar-refractivity contribution is 0.346. The van der Waals surface area contributed by atoms with Crippen LogP contribution in [-0.4, -0.2) is 19.2 Å². The van der Waals surface area contributed by atoms with Crippen molar-refractivity contribution in [2.24, 2.45) is 0 Å². The van der Waals surface area contributed by atoms with Crippen LogP contribution in [0.1, 0.15) is 12.8 Å². The summed E-state index contributed by atoms with van der Waals surface area (Å²) in [5.41, 5.74) is 1.08. The Hall–Kier alpha value is -1.32. The number of nitrogens with one attached hydrogen (secondary N) is 1. The minimum absolute atomic E-state index is 0.552. The quantitative estimate of drug-likeness (QED) is 0.797. The van der Waals surface area contributed by atoms with Gasteiger partial charge in [0, 0.05) is 12.6 Å². The van der Waals surface area contributed by atoms with Gasteiger partial charge in [-0.2, -0.15) is 0 Å². The highest BCUT2D eigenvalue weighted by Crippen LogP contribution is 2.33. The molecule has 0 aliphatic heterocycles. The zero-order chi connectivity index (χ0) is 13.9. The summed E-state index contributed by atoms with van der Waals surface area (Å²) in [4.78, 5) is 0. The largest absolute Gasteiger partial charge is 0.488 e. The summed E-state index contributed by atoms with van der Waals surface area (Å²) < 4.78 is 6.89. The van der Waals surface area contributed by atoms with E-state index in [0.717, 1.165) is 22.3 Å². The van der Waals surface area contributed by atoms with Crippen molar-refractivity contribution in [2.75, 3.05) is 13.2 Å². The molecule has 0 spiro atoms. The highest BCUT2D eigenvalue weighted by Gasteiger charge is 2.20. The molecule has 0 heterocycles. The van der Waals surface area contributed by atoms with Gasteiger partial charge in [0.05, 0.1) is 4.47 Å². The van der Waals surface area contributed by atoms with Gasteiger partial charge in [0.15, 0.2) is 0 Å². The Kier molecular flexibility index (Phi) is 4.08. The maximum atomic E-state index is 5.87. The molecule has 0 amide bonds. The van der Waals surface area contributed by atoms with E-state index >= 15 is 0 Å². The van der Waals surface area contributed by atoms with Gasteiger partial charge >= 0.3 is 0 Å². The van der Waals surface area contributed by atoms with Gasteiger partial charge in [0.1, 0.15) is 12.4 Å². The predicted molar refractivity (Wildman–Crippen MR) is 87.3 cm³/mol. The van der Waals surface area contributed by atoms with E-state index < -0.39 is 0 Å². The summed E-state index contributed by atoms with van der Waals surface area (Å²) in [6.45, 7) is 5.45. The normalized spacial score (nSPS) is 14.4. The van der Waals surface area contributed by atoms with Crippen LogP contribution in [0.5, 0.6) is 5.75 Å². The van der Waals surface area contributed by atoms with Crippen molar-refractivity contribution in [2.45, 2.75) is 18.9 Å². The first-order valence-corrected chi connectivity index (χ1v) is 7.73. The first kappa shape index (κ1) is 13.7. The van der Waals surface area contributed by atoms with E-state index in [1.165, 1.54) is 23.6 Å². The molecule has 0 bridgehead atoms. The zero-order valence-electron chi connectivity index (χ0n) is 11.4. The smallest absolute Gasteiger partial charge is 0.134 e. The fourth-order valence-electron chi connectivity index (χ4n) is 2.13. The van der Waals surface area contributed by atoms with Crippen molar-refractivity contribution in [3.63, 3.8) is 0 Å². The Morgan fingerprint density at radius 1 is 1.25 bits per heavy atom. The Bertz CT molecular complexity index is 634. The summed E-state index contributed by atoms with van der Waals surface area (Å²) in [7, 11) is 0. The molecule has 2 nitrogen and oxygen atoms in total. The monoisotopic (exact) mass is 331 g/mol. The summed E-state index contributed by atoms with van der Waals surface area (Å²) in [6, 6.07) is 13.1. The van der Waals surface area contributed by atoms with Crippen LogP contribution < -0.4 is 10.1 Å². The fourth-order valence-corrected chi connectivity index (χ4v) is 2.74. The molecule has 1 aliphatic carbocycles. The van der Waals surface area contributed by atoms with Crippen molar-refractivity contribution < 1.29 is 4.74 Å². The van der Waals surface area contributed by atoms with Gasteiger partial charge in [-0.15, -0.1) is 0 Å². The Balaban J connectivity index is 1.64. The number of benzene rings is 2. The lowest BCUT2D eigenvalue weighted by Crippen LogP contribution is -2.21. The molecule has 1 fully saturated rings. The molecule has 3 rings (SSSR count). The van der Waals surface area contributed by atoms with Gasteiger partial charge in [-0.1, -0.05) is 36.9 Å². The second kappa shape index (κ2) is 5.98. The van der Waals surface area contributed by atoms with Crippen molar-refractivity contribution >= 4 is 26.7 Å². The van der Waals surface area contributed by atoms with Crippen LogP contribution in [0.4, 0.5) is 0 Å². The number of rotatable bonds is 6. The van der Waals surface area contributed by atoms with E-state index in [-0.39, 0.29) is 0 Å². The van der Waals surface area contributed by atoms with Crippen LogP contribution in [0.3, 0.4) is 0 Å². The third-order valence-corrected chi connectivity index (χ3v) is 4.30. The van der Waals surface area contributed by atoms with Crippen LogP contribution in [0, 0.1) is 0 Å². The minimum atomic E-state index is 0.552. The number of ether oxygens (including phenoxy) is 1. The molecule has 0 aromatic heterocycles. The molecule has 0 saturated heterocycles. The van der Waals surface area contributed by atoms with E-state index in [9.17, 15) is 0 Å². The van der Waals surface area contributed by atoms with E-state index in [0.29, 0.717) is 12.6 Å². The lowest BCUT2D eigenvalue weighted by atomic mass is 10.1. The summed E-state index contributed by atoms with van der Waals surface area (Å²) in [6.07, 6.45) is 2.59. The van der Waals surface area contributed by atoms with E-state index in [1.807, 2.05) is 18.2 Å². The van der Waals surface area contributed by atoms with Gasteiger partial charge in [-0.05, 0) is 51.2 Å². The second-order valence-electron chi connectivity index (χ2n) is 5.29. The molecule has 0 atom stereocenters. The number of hydrogen-bond donors (Lipinski definition) is 1. The summed E-state index contributed by atoms with van der Waals surface area (Å²) in [5, 5.41) is 5.83. The highest BCUT2D eigenvalue weighted by molar-refractivity contribution is 9.10. The molecule has 2 aromatic carbocycles. The van der Waals surface area contributed by atoms with Crippen LogP contribution in [0.25, 0.3) is 10.8 Å². The lowest BCUT2D eigenvalue weighted by Gasteiger charge is -2.12. The maximum absolute atomic E-state index is 5.87. The average Bonchev–Trinajstić information content (AvgIpc) is 3.29. The molecule has 1 saturated carbocycles. The van der Waals surface area contributed by atoms with Crippen molar-refractivity contribution in [3.05, 3.63) is 53.0 Å². The molecular weight excluding hydrogens is 314 g/mol. The number of fused-ring (bicyclic) bond motifs is 1. The third-order valence-electron chi connectivity index (χ3n) is 3.48. The van der Waals surface area contributed by atoms with Crippen LogP contribution in [0.15, 0.2) is 53.0 Å². The van der Waals surface area contributed by atoms with Crippen LogP contribution in [0.2, 0.25) is 0 Å². The Labute approximate surface area is 128 Å².